The lowest BCUT2D eigenvalue weighted by molar-refractivity contribution is 0.454. The van der Waals surface area contributed by atoms with Gasteiger partial charge in [-0.2, -0.15) is 0 Å². The Morgan fingerprint density at radius 3 is 2.47 bits per heavy atom. The minimum Gasteiger partial charge on any atom is -0.314 e. The number of allylic oxidation sites excluding steroid dienone is 1. The zero-order valence-corrected chi connectivity index (χ0v) is 11.8. The molecule has 0 saturated carbocycles. The molecule has 1 aromatic rings. The molecule has 0 aliphatic rings. The molecule has 0 aliphatic carbocycles. The van der Waals surface area contributed by atoms with Crippen molar-refractivity contribution in [1.82, 2.24) is 5.32 Å². The molecule has 0 spiro atoms. The number of nitrogens with one attached hydrogen (secondary N) is 1. The zero-order valence-electron chi connectivity index (χ0n) is 11.8. The van der Waals surface area contributed by atoms with Crippen LogP contribution in [0.25, 0.3) is 0 Å². The van der Waals surface area contributed by atoms with Crippen LogP contribution in [0.3, 0.4) is 0 Å². The van der Waals surface area contributed by atoms with Crippen LogP contribution in [-0.4, -0.2) is 12.6 Å². The molecule has 1 rings (SSSR count). The molecule has 0 aromatic heterocycles. The van der Waals surface area contributed by atoms with Gasteiger partial charge in [0.1, 0.15) is 11.6 Å². The summed E-state index contributed by atoms with van der Waals surface area (Å²) in [7, 11) is 0. The van der Waals surface area contributed by atoms with E-state index in [1.807, 2.05) is 6.92 Å². The fourth-order valence-electron chi connectivity index (χ4n) is 2.02. The molecule has 0 fully saturated rings. The van der Waals surface area contributed by atoms with Crippen LogP contribution in [0.4, 0.5) is 8.78 Å². The third kappa shape index (κ3) is 5.52. The van der Waals surface area contributed by atoms with Gasteiger partial charge < -0.3 is 5.32 Å². The fourth-order valence-corrected chi connectivity index (χ4v) is 2.02. The lowest BCUT2D eigenvalue weighted by Crippen LogP contribution is -2.32. The van der Waals surface area contributed by atoms with Crippen molar-refractivity contribution in [3.63, 3.8) is 0 Å². The highest BCUT2D eigenvalue weighted by atomic mass is 19.1. The van der Waals surface area contributed by atoms with Crippen LogP contribution in [0.1, 0.15) is 38.7 Å². The molecule has 0 heterocycles. The van der Waals surface area contributed by atoms with Crippen molar-refractivity contribution in [2.24, 2.45) is 0 Å². The molecule has 1 atom stereocenters. The Bertz CT molecular complexity index is 395. The normalized spacial score (nSPS) is 12.4. The second kappa shape index (κ2) is 8.05. The summed E-state index contributed by atoms with van der Waals surface area (Å²) in [5.41, 5.74) is 1.27. The molecule has 1 aromatic carbocycles. The van der Waals surface area contributed by atoms with Crippen LogP contribution in [0.2, 0.25) is 0 Å². The van der Waals surface area contributed by atoms with E-state index in [-0.39, 0.29) is 11.6 Å². The summed E-state index contributed by atoms with van der Waals surface area (Å²) in [6.45, 7) is 8.78. The summed E-state index contributed by atoms with van der Waals surface area (Å²) < 4.78 is 27.3. The largest absolute Gasteiger partial charge is 0.314 e. The lowest BCUT2D eigenvalue weighted by Gasteiger charge is -2.19. The van der Waals surface area contributed by atoms with Gasteiger partial charge in [-0.3, -0.25) is 0 Å². The van der Waals surface area contributed by atoms with E-state index in [1.54, 1.807) is 0 Å². The van der Waals surface area contributed by atoms with Crippen molar-refractivity contribution < 1.29 is 8.78 Å². The third-order valence-corrected chi connectivity index (χ3v) is 3.11. The van der Waals surface area contributed by atoms with Crippen LogP contribution in [-0.2, 0) is 6.42 Å². The Labute approximate surface area is 114 Å². The fraction of sp³-hybridized carbons (Fsp3) is 0.500. The SMILES string of the molecule is C=C(C)CCC(Cc1c(F)cccc1F)NCCC. The molecule has 1 N–H and O–H groups in total. The van der Waals surface area contributed by atoms with E-state index in [0.29, 0.717) is 6.42 Å². The number of hydrogen-bond donors (Lipinski definition) is 1. The van der Waals surface area contributed by atoms with Gasteiger partial charge in [0.2, 0.25) is 0 Å². The average Bonchev–Trinajstić information content (AvgIpc) is 2.36. The van der Waals surface area contributed by atoms with E-state index in [4.69, 9.17) is 0 Å². The monoisotopic (exact) mass is 267 g/mol. The number of rotatable bonds is 8. The Hall–Kier alpha value is -1.22. The van der Waals surface area contributed by atoms with Crippen molar-refractivity contribution in [3.05, 3.63) is 47.5 Å². The highest BCUT2D eigenvalue weighted by Gasteiger charge is 2.15. The van der Waals surface area contributed by atoms with Crippen molar-refractivity contribution in [2.45, 2.75) is 45.6 Å². The van der Waals surface area contributed by atoms with E-state index in [1.165, 1.54) is 18.2 Å². The molecular formula is C16H23F2N. The van der Waals surface area contributed by atoms with Crippen molar-refractivity contribution in [3.8, 4) is 0 Å². The second-order valence-corrected chi connectivity index (χ2v) is 5.05. The molecule has 1 unspecified atom stereocenters. The number of benzene rings is 1. The van der Waals surface area contributed by atoms with Crippen molar-refractivity contribution >= 4 is 0 Å². The van der Waals surface area contributed by atoms with Gasteiger partial charge in [0.05, 0.1) is 0 Å². The van der Waals surface area contributed by atoms with Crippen molar-refractivity contribution in [1.29, 1.82) is 0 Å². The molecule has 0 aliphatic heterocycles. The van der Waals surface area contributed by atoms with Gasteiger partial charge >= 0.3 is 0 Å². The van der Waals surface area contributed by atoms with E-state index >= 15 is 0 Å². The van der Waals surface area contributed by atoms with Crippen LogP contribution in [0, 0.1) is 11.6 Å². The Morgan fingerprint density at radius 1 is 1.32 bits per heavy atom. The van der Waals surface area contributed by atoms with Gasteiger partial charge in [-0.25, -0.2) is 8.78 Å². The third-order valence-electron chi connectivity index (χ3n) is 3.11. The molecule has 0 radical (unpaired) electrons. The standard InChI is InChI=1S/C16H23F2N/c1-4-10-19-13(9-8-12(2)3)11-14-15(17)6-5-7-16(14)18/h5-7,13,19H,2,4,8-11H2,1,3H3. The molecule has 1 nitrogen and oxygen atoms in total. The average molecular weight is 267 g/mol. The first kappa shape index (κ1) is 15.8. The van der Waals surface area contributed by atoms with Crippen LogP contribution in [0.5, 0.6) is 0 Å². The van der Waals surface area contributed by atoms with Crippen molar-refractivity contribution in [2.75, 3.05) is 6.54 Å². The maximum absolute atomic E-state index is 13.6. The minimum atomic E-state index is -0.460. The number of halogens is 2. The molecule has 0 saturated heterocycles. The first-order chi connectivity index (χ1) is 9.04. The number of hydrogen-bond acceptors (Lipinski definition) is 1. The molecule has 0 amide bonds. The predicted octanol–water partition coefficient (Wildman–Crippen LogP) is 4.23. The van der Waals surface area contributed by atoms with E-state index in [0.717, 1.165) is 31.4 Å². The van der Waals surface area contributed by atoms with Crippen LogP contribution >= 0.6 is 0 Å². The summed E-state index contributed by atoms with van der Waals surface area (Å²) >= 11 is 0. The van der Waals surface area contributed by atoms with E-state index in [9.17, 15) is 8.78 Å². The summed E-state index contributed by atoms with van der Waals surface area (Å²) in [5.74, 6) is -0.919. The van der Waals surface area contributed by atoms with Gasteiger partial charge in [-0.05, 0) is 51.3 Å². The van der Waals surface area contributed by atoms with Gasteiger partial charge in [-0.15, -0.1) is 6.58 Å². The first-order valence-electron chi connectivity index (χ1n) is 6.85. The quantitative estimate of drug-likeness (QED) is 0.695. The predicted molar refractivity (Wildman–Crippen MR) is 76.2 cm³/mol. The maximum Gasteiger partial charge on any atom is 0.129 e. The molecule has 19 heavy (non-hydrogen) atoms. The van der Waals surface area contributed by atoms with Gasteiger partial charge in [0, 0.05) is 11.6 Å². The Balaban J connectivity index is 2.72. The summed E-state index contributed by atoms with van der Waals surface area (Å²) in [5, 5.41) is 3.35. The lowest BCUT2D eigenvalue weighted by atomic mass is 9.99. The summed E-state index contributed by atoms with van der Waals surface area (Å²) in [6, 6.07) is 4.11. The maximum atomic E-state index is 13.6. The molecule has 106 valence electrons. The summed E-state index contributed by atoms with van der Waals surface area (Å²) in [4.78, 5) is 0. The van der Waals surface area contributed by atoms with E-state index in [2.05, 4.69) is 18.8 Å². The Morgan fingerprint density at radius 2 is 1.95 bits per heavy atom. The summed E-state index contributed by atoms with van der Waals surface area (Å²) in [6.07, 6.45) is 3.11. The zero-order chi connectivity index (χ0) is 14.3. The van der Waals surface area contributed by atoms with E-state index < -0.39 is 11.6 Å². The topological polar surface area (TPSA) is 12.0 Å². The van der Waals surface area contributed by atoms with Crippen LogP contribution < -0.4 is 5.32 Å². The highest BCUT2D eigenvalue weighted by molar-refractivity contribution is 5.20. The first-order valence-corrected chi connectivity index (χ1v) is 6.85. The molecule has 0 bridgehead atoms. The minimum absolute atomic E-state index is 0.0862. The van der Waals surface area contributed by atoms with Crippen LogP contribution in [0.15, 0.2) is 30.4 Å². The highest BCUT2D eigenvalue weighted by Crippen LogP contribution is 2.17. The van der Waals surface area contributed by atoms with Gasteiger partial charge in [-0.1, -0.05) is 18.6 Å². The van der Waals surface area contributed by atoms with Gasteiger partial charge in [0.25, 0.3) is 0 Å². The van der Waals surface area contributed by atoms with Gasteiger partial charge in [0.15, 0.2) is 0 Å². The molecular weight excluding hydrogens is 244 g/mol. The second-order valence-electron chi connectivity index (χ2n) is 5.05. The Kier molecular flexibility index (Phi) is 6.71. The molecule has 3 heteroatoms. The smallest absolute Gasteiger partial charge is 0.129 e.